The van der Waals surface area contributed by atoms with Crippen LogP contribution in [0.1, 0.15) is 44.0 Å². The Kier molecular flexibility index (Phi) is 14.0. The van der Waals surface area contributed by atoms with Gasteiger partial charge in [0.25, 0.3) is 11.1 Å². The van der Waals surface area contributed by atoms with E-state index in [-0.39, 0.29) is 35.0 Å². The molecule has 4 aromatic carbocycles. The molecule has 2 unspecified atom stereocenters. The molecule has 2 aromatic heterocycles. The number of ether oxygens (including phenoxy) is 2. The van der Waals surface area contributed by atoms with Crippen molar-refractivity contribution in [2.75, 3.05) is 26.2 Å². The summed E-state index contributed by atoms with van der Waals surface area (Å²) in [6.45, 7) is 7.46. The van der Waals surface area contributed by atoms with Gasteiger partial charge in [0.15, 0.2) is 0 Å². The van der Waals surface area contributed by atoms with Crippen LogP contribution in [0.4, 0.5) is 8.78 Å². The van der Waals surface area contributed by atoms with Crippen LogP contribution >= 0.6 is 31.9 Å². The third-order valence-corrected chi connectivity index (χ3v) is 12.3. The van der Waals surface area contributed by atoms with E-state index in [1.54, 1.807) is 33.6 Å². The molecule has 4 heterocycles. The van der Waals surface area contributed by atoms with E-state index in [4.69, 9.17) is 9.47 Å². The zero-order valence-electron chi connectivity index (χ0n) is 33.2. The van der Waals surface area contributed by atoms with Crippen molar-refractivity contribution in [2.24, 2.45) is 7.05 Å². The third-order valence-electron chi connectivity index (χ3n) is 10.7. The van der Waals surface area contributed by atoms with Crippen molar-refractivity contribution in [3.05, 3.63) is 162 Å². The van der Waals surface area contributed by atoms with E-state index in [2.05, 4.69) is 41.7 Å². The highest BCUT2D eigenvalue weighted by molar-refractivity contribution is 9.10. The Hall–Kier alpha value is -4.76. The van der Waals surface area contributed by atoms with Gasteiger partial charge in [-0.25, -0.2) is 18.1 Å². The summed E-state index contributed by atoms with van der Waals surface area (Å²) in [5, 5.41) is 0. The molecule has 310 valence electrons. The fourth-order valence-electron chi connectivity index (χ4n) is 7.86. The van der Waals surface area contributed by atoms with Crippen molar-refractivity contribution < 1.29 is 18.3 Å². The first-order chi connectivity index (χ1) is 28.6. The van der Waals surface area contributed by atoms with Crippen molar-refractivity contribution >= 4 is 31.9 Å². The number of benzene rings is 4. The van der Waals surface area contributed by atoms with Crippen LogP contribution in [0.15, 0.2) is 128 Å². The lowest BCUT2D eigenvalue weighted by Crippen LogP contribution is -2.41. The lowest BCUT2D eigenvalue weighted by atomic mass is 10.1. The Balaban J connectivity index is 0.000000179. The smallest absolute Gasteiger partial charge is 0.286 e. The first-order valence-corrected chi connectivity index (χ1v) is 21.5. The van der Waals surface area contributed by atoms with Crippen LogP contribution in [0.25, 0.3) is 11.4 Å². The largest absolute Gasteiger partial charge is 0.489 e. The molecule has 2 aliphatic rings. The standard InChI is InChI=1S/C23H25BrFN3O2.C22H23BrFN3O2/c1-2-27-21(22(24)23(29)28(27)18-7-4-3-5-8-18)16-26-14-6-9-20(15-26)30-19-12-10-17(25)11-13-19;1-25-20(21(23)22(28)27(25)17-6-3-2-4-7-17)15-26-13-5-8-19(14-26)29-18-11-9-16(24)10-12-18/h3-5,7-8,10-13,20H,2,6,9,14-16H2,1H3;2-4,6-7,9-12,19H,5,8,13-15H2,1H3. The Morgan fingerprint density at radius 2 is 1.03 bits per heavy atom. The molecule has 0 radical (unpaired) electrons. The number of nitrogens with zero attached hydrogens (tertiary/aromatic N) is 6. The number of likely N-dealkylation sites (tertiary alicyclic amines) is 2. The summed E-state index contributed by atoms with van der Waals surface area (Å²) in [5.74, 6) is 0.835. The maximum Gasteiger partial charge on any atom is 0.286 e. The van der Waals surface area contributed by atoms with E-state index >= 15 is 0 Å². The second kappa shape index (κ2) is 19.5. The Morgan fingerprint density at radius 3 is 1.51 bits per heavy atom. The Labute approximate surface area is 359 Å². The summed E-state index contributed by atoms with van der Waals surface area (Å²) >= 11 is 7.05. The van der Waals surface area contributed by atoms with Gasteiger partial charge in [-0.2, -0.15) is 0 Å². The first kappa shape index (κ1) is 42.4. The first-order valence-electron chi connectivity index (χ1n) is 20.0. The van der Waals surface area contributed by atoms with Gasteiger partial charge >= 0.3 is 0 Å². The lowest BCUT2D eigenvalue weighted by Gasteiger charge is -2.33. The average Bonchev–Trinajstić information content (AvgIpc) is 3.62. The van der Waals surface area contributed by atoms with Crippen molar-refractivity contribution in [3.63, 3.8) is 0 Å². The minimum Gasteiger partial charge on any atom is -0.489 e. The monoisotopic (exact) mass is 932 g/mol. The number of aromatic nitrogens is 4. The quantitative estimate of drug-likeness (QED) is 0.130. The third kappa shape index (κ3) is 10.2. The van der Waals surface area contributed by atoms with E-state index in [1.807, 2.05) is 84.0 Å². The zero-order valence-corrected chi connectivity index (χ0v) is 36.3. The summed E-state index contributed by atoms with van der Waals surface area (Å²) in [5.41, 5.74) is 3.48. The fourth-order valence-corrected chi connectivity index (χ4v) is 8.90. The fraction of sp³-hybridized carbons (Fsp3) is 0.333. The van der Waals surface area contributed by atoms with Crippen LogP contribution in [0, 0.1) is 11.6 Å². The molecule has 59 heavy (non-hydrogen) atoms. The molecule has 10 nitrogen and oxygen atoms in total. The maximum atomic E-state index is 13.1. The van der Waals surface area contributed by atoms with Crippen LogP contribution in [0.5, 0.6) is 11.5 Å². The zero-order chi connectivity index (χ0) is 41.5. The second-order valence-electron chi connectivity index (χ2n) is 14.8. The highest BCUT2D eigenvalue weighted by Gasteiger charge is 2.27. The summed E-state index contributed by atoms with van der Waals surface area (Å²) < 4.78 is 46.9. The number of piperidine rings is 2. The van der Waals surface area contributed by atoms with Gasteiger partial charge in [-0.15, -0.1) is 0 Å². The van der Waals surface area contributed by atoms with Gasteiger partial charge in [0, 0.05) is 39.8 Å². The second-order valence-corrected chi connectivity index (χ2v) is 16.4. The molecular weight excluding hydrogens is 886 g/mol. The van der Waals surface area contributed by atoms with Crippen molar-refractivity contribution in [1.82, 2.24) is 28.5 Å². The predicted octanol–water partition coefficient (Wildman–Crippen LogP) is 8.72. The van der Waals surface area contributed by atoms with Gasteiger partial charge in [0.2, 0.25) is 0 Å². The highest BCUT2D eigenvalue weighted by Crippen LogP contribution is 2.25. The molecule has 0 spiro atoms. The van der Waals surface area contributed by atoms with Gasteiger partial charge in [0.05, 0.1) is 22.8 Å². The van der Waals surface area contributed by atoms with E-state index < -0.39 is 0 Å². The van der Waals surface area contributed by atoms with Gasteiger partial charge in [0.1, 0.15) is 44.3 Å². The number of hydrogen-bond acceptors (Lipinski definition) is 6. The number of rotatable bonds is 11. The number of para-hydroxylation sites is 2. The predicted molar refractivity (Wildman–Crippen MR) is 233 cm³/mol. The number of hydrogen-bond donors (Lipinski definition) is 0. The molecule has 0 bridgehead atoms. The Morgan fingerprint density at radius 1 is 0.610 bits per heavy atom. The highest BCUT2D eigenvalue weighted by atomic mass is 79.9. The summed E-state index contributed by atoms with van der Waals surface area (Å²) in [6, 6.07) is 31.6. The van der Waals surface area contributed by atoms with E-state index in [0.717, 1.165) is 74.6 Å². The Bertz CT molecular complexity index is 2420. The molecule has 0 N–H and O–H groups in total. The molecule has 6 aromatic rings. The van der Waals surface area contributed by atoms with Crippen LogP contribution < -0.4 is 20.6 Å². The summed E-state index contributed by atoms with van der Waals surface area (Å²) in [7, 11) is 1.91. The molecule has 0 saturated carbocycles. The van der Waals surface area contributed by atoms with Gasteiger partial charge < -0.3 is 9.47 Å². The molecule has 8 rings (SSSR count). The van der Waals surface area contributed by atoms with Gasteiger partial charge in [-0.1, -0.05) is 36.4 Å². The van der Waals surface area contributed by atoms with E-state index in [0.29, 0.717) is 40.1 Å². The summed E-state index contributed by atoms with van der Waals surface area (Å²) in [4.78, 5) is 30.4. The minimum absolute atomic E-state index is 0.0426. The van der Waals surface area contributed by atoms with Crippen LogP contribution in [-0.2, 0) is 26.7 Å². The molecule has 2 saturated heterocycles. The average molecular weight is 935 g/mol. The van der Waals surface area contributed by atoms with Crippen LogP contribution in [-0.4, -0.2) is 66.9 Å². The van der Waals surface area contributed by atoms with Crippen molar-refractivity contribution in [2.45, 2.75) is 64.4 Å². The maximum absolute atomic E-state index is 13.1. The minimum atomic E-state index is -0.267. The molecule has 14 heteroatoms. The molecule has 2 aliphatic heterocycles. The van der Waals surface area contributed by atoms with E-state index in [9.17, 15) is 18.4 Å². The van der Waals surface area contributed by atoms with Gasteiger partial charge in [-0.3, -0.25) is 28.8 Å². The molecule has 0 aliphatic carbocycles. The normalized spacial score (nSPS) is 17.3. The topological polar surface area (TPSA) is 78.8 Å². The number of halogens is 4. The van der Waals surface area contributed by atoms with Crippen LogP contribution in [0.2, 0.25) is 0 Å². The summed E-state index contributed by atoms with van der Waals surface area (Å²) in [6.07, 6.45) is 4.03. The van der Waals surface area contributed by atoms with Crippen molar-refractivity contribution in [1.29, 1.82) is 0 Å². The molecule has 0 amide bonds. The van der Waals surface area contributed by atoms with Crippen molar-refractivity contribution in [3.8, 4) is 22.9 Å². The van der Waals surface area contributed by atoms with Crippen LogP contribution in [0.3, 0.4) is 0 Å². The SMILES string of the molecule is CCn1c(CN2CCCC(Oc3ccc(F)cc3)C2)c(Br)c(=O)n1-c1ccccc1.Cn1c(CN2CCCC(Oc3ccc(F)cc3)C2)c(Br)c(=O)n1-c1ccccc1. The molecule has 2 fully saturated rings. The molecule has 2 atom stereocenters. The lowest BCUT2D eigenvalue weighted by molar-refractivity contribution is 0.0823. The van der Waals surface area contributed by atoms with Gasteiger partial charge in [-0.05, 0) is 150 Å². The molecular formula is C45H48Br2F2N6O4. The van der Waals surface area contributed by atoms with E-state index in [1.165, 1.54) is 24.3 Å².